The van der Waals surface area contributed by atoms with Crippen LogP contribution in [-0.2, 0) is 6.61 Å². The number of halogens is 1. The number of piperidine rings is 1. The van der Waals surface area contributed by atoms with Gasteiger partial charge in [0.2, 0.25) is 0 Å². The molecule has 33 heavy (non-hydrogen) atoms. The first-order valence-electron chi connectivity index (χ1n) is 11.2. The molecule has 0 spiro atoms. The van der Waals surface area contributed by atoms with E-state index in [1.807, 2.05) is 60.7 Å². The number of nitrogens with zero attached hydrogens (tertiary/aromatic N) is 1. The molecule has 0 aliphatic carbocycles. The van der Waals surface area contributed by atoms with Crippen molar-refractivity contribution in [3.8, 4) is 11.5 Å². The minimum atomic E-state index is -0.0105. The van der Waals surface area contributed by atoms with Crippen molar-refractivity contribution in [2.45, 2.75) is 25.9 Å². The van der Waals surface area contributed by atoms with Gasteiger partial charge in [-0.15, -0.1) is 0 Å². The summed E-state index contributed by atoms with van der Waals surface area (Å²) in [6, 6.07) is 21.5. The number of anilines is 1. The van der Waals surface area contributed by atoms with Gasteiger partial charge in [0.15, 0.2) is 5.78 Å². The highest BCUT2D eigenvalue weighted by molar-refractivity contribution is 9.10. The number of methoxy groups -OCH3 is 1. The summed E-state index contributed by atoms with van der Waals surface area (Å²) < 4.78 is 12.4. The molecule has 4 nitrogen and oxygen atoms in total. The van der Waals surface area contributed by atoms with Crippen LogP contribution in [0.2, 0.25) is 0 Å². The monoisotopic (exact) mass is 505 g/mol. The van der Waals surface area contributed by atoms with Crippen LogP contribution in [0.5, 0.6) is 11.5 Å². The fourth-order valence-corrected chi connectivity index (χ4v) is 4.23. The Morgan fingerprint density at radius 1 is 0.970 bits per heavy atom. The topological polar surface area (TPSA) is 38.8 Å². The minimum Gasteiger partial charge on any atom is -0.496 e. The summed E-state index contributed by atoms with van der Waals surface area (Å²) in [6.07, 6.45) is 7.24. The first-order chi connectivity index (χ1) is 16.1. The average Bonchev–Trinajstić information content (AvgIpc) is 2.87. The molecule has 1 fully saturated rings. The third-order valence-corrected chi connectivity index (χ3v) is 6.34. The smallest absolute Gasteiger partial charge is 0.185 e. The Hall–Kier alpha value is -3.05. The van der Waals surface area contributed by atoms with Gasteiger partial charge in [-0.2, -0.15) is 0 Å². The van der Waals surface area contributed by atoms with E-state index < -0.39 is 0 Å². The molecule has 0 saturated carbocycles. The predicted octanol–water partition coefficient (Wildman–Crippen LogP) is 6.92. The van der Waals surface area contributed by atoms with E-state index >= 15 is 0 Å². The zero-order chi connectivity index (χ0) is 23.0. The molecule has 5 heteroatoms. The lowest BCUT2D eigenvalue weighted by Gasteiger charge is -2.28. The van der Waals surface area contributed by atoms with Crippen LogP contribution in [0.3, 0.4) is 0 Å². The summed E-state index contributed by atoms with van der Waals surface area (Å²) in [4.78, 5) is 15.1. The van der Waals surface area contributed by atoms with Gasteiger partial charge in [-0.05, 0) is 91.6 Å². The van der Waals surface area contributed by atoms with Gasteiger partial charge in [0.05, 0.1) is 7.11 Å². The van der Waals surface area contributed by atoms with Crippen LogP contribution in [0, 0.1) is 0 Å². The van der Waals surface area contributed by atoms with Crippen LogP contribution < -0.4 is 14.4 Å². The molecule has 0 radical (unpaired) electrons. The van der Waals surface area contributed by atoms with Crippen LogP contribution in [0.4, 0.5) is 5.69 Å². The third kappa shape index (κ3) is 6.26. The van der Waals surface area contributed by atoms with Gasteiger partial charge in [-0.1, -0.05) is 28.1 Å². The molecule has 0 atom stereocenters. The molecule has 0 amide bonds. The number of allylic oxidation sites excluding steroid dienone is 1. The Morgan fingerprint density at radius 3 is 2.39 bits per heavy atom. The summed E-state index contributed by atoms with van der Waals surface area (Å²) in [5, 5.41) is 0. The third-order valence-electron chi connectivity index (χ3n) is 5.81. The van der Waals surface area contributed by atoms with Crippen LogP contribution in [-0.4, -0.2) is 26.0 Å². The molecule has 4 rings (SSSR count). The fourth-order valence-electron chi connectivity index (χ4n) is 3.96. The van der Waals surface area contributed by atoms with Crippen molar-refractivity contribution < 1.29 is 14.3 Å². The number of hydrogen-bond acceptors (Lipinski definition) is 4. The molecule has 0 unspecified atom stereocenters. The zero-order valence-electron chi connectivity index (χ0n) is 18.8. The van der Waals surface area contributed by atoms with Crippen molar-refractivity contribution in [2.24, 2.45) is 0 Å². The second kappa shape index (κ2) is 11.2. The van der Waals surface area contributed by atoms with Gasteiger partial charge in [-0.3, -0.25) is 4.79 Å². The lowest BCUT2D eigenvalue weighted by Crippen LogP contribution is -2.29. The molecule has 0 bridgehead atoms. The van der Waals surface area contributed by atoms with Gasteiger partial charge in [0.25, 0.3) is 0 Å². The molecule has 0 N–H and O–H groups in total. The SMILES string of the molecule is COc1ccc(/C=C/C(=O)c2ccc(N3CCCCC3)cc2)cc1COc1ccc(Br)cc1. The molecule has 1 aliphatic rings. The van der Waals surface area contributed by atoms with E-state index in [1.54, 1.807) is 13.2 Å². The quantitative estimate of drug-likeness (QED) is 0.246. The molecule has 1 heterocycles. The van der Waals surface area contributed by atoms with E-state index in [0.29, 0.717) is 12.2 Å². The van der Waals surface area contributed by atoms with Gasteiger partial charge >= 0.3 is 0 Å². The van der Waals surface area contributed by atoms with Crippen molar-refractivity contribution >= 4 is 33.5 Å². The maximum Gasteiger partial charge on any atom is 0.185 e. The molecule has 1 saturated heterocycles. The van der Waals surface area contributed by atoms with Crippen LogP contribution >= 0.6 is 15.9 Å². The number of carbonyl (C=O) groups is 1. The Bertz CT molecular complexity index is 1100. The van der Waals surface area contributed by atoms with Gasteiger partial charge < -0.3 is 14.4 Å². The highest BCUT2D eigenvalue weighted by atomic mass is 79.9. The normalized spacial score (nSPS) is 13.8. The number of rotatable bonds is 8. The van der Waals surface area contributed by atoms with Crippen LogP contribution in [0.1, 0.15) is 40.7 Å². The van der Waals surface area contributed by atoms with Crippen molar-refractivity contribution in [1.29, 1.82) is 0 Å². The summed E-state index contributed by atoms with van der Waals surface area (Å²) in [5.41, 5.74) is 3.73. The van der Waals surface area contributed by atoms with E-state index in [-0.39, 0.29) is 5.78 Å². The van der Waals surface area contributed by atoms with Crippen molar-refractivity contribution in [1.82, 2.24) is 0 Å². The number of ketones is 1. The number of hydrogen-bond donors (Lipinski definition) is 0. The largest absolute Gasteiger partial charge is 0.496 e. The zero-order valence-corrected chi connectivity index (χ0v) is 20.4. The van der Waals surface area contributed by atoms with Gasteiger partial charge in [-0.25, -0.2) is 0 Å². The summed E-state index contributed by atoms with van der Waals surface area (Å²) in [7, 11) is 1.64. The standard InChI is InChI=1S/C28H28BrNO3/c1-32-28-16-6-21(19-23(28)20-33-26-13-9-24(29)10-14-26)5-15-27(31)22-7-11-25(12-8-22)30-17-3-2-4-18-30/h5-16,19H,2-4,17-18,20H2,1H3/b15-5+. The number of carbonyl (C=O) groups excluding carboxylic acids is 1. The average molecular weight is 506 g/mol. The Balaban J connectivity index is 1.41. The molecule has 170 valence electrons. The Kier molecular flexibility index (Phi) is 7.84. The molecular weight excluding hydrogens is 478 g/mol. The molecule has 3 aromatic rings. The second-order valence-electron chi connectivity index (χ2n) is 8.11. The van der Waals surface area contributed by atoms with E-state index in [2.05, 4.69) is 33.0 Å². The Morgan fingerprint density at radius 2 is 1.70 bits per heavy atom. The number of benzene rings is 3. The molecular formula is C28H28BrNO3. The van der Waals surface area contributed by atoms with Gasteiger partial charge in [0.1, 0.15) is 18.1 Å². The first-order valence-corrected chi connectivity index (χ1v) is 12.0. The van der Waals surface area contributed by atoms with E-state index in [9.17, 15) is 4.79 Å². The van der Waals surface area contributed by atoms with Gasteiger partial charge in [0, 0.05) is 34.4 Å². The van der Waals surface area contributed by atoms with E-state index in [1.165, 1.54) is 24.9 Å². The maximum absolute atomic E-state index is 12.7. The van der Waals surface area contributed by atoms with Crippen molar-refractivity contribution in [2.75, 3.05) is 25.1 Å². The Labute approximate surface area is 204 Å². The molecule has 0 aromatic heterocycles. The lowest BCUT2D eigenvalue weighted by molar-refractivity contribution is 0.104. The second-order valence-corrected chi connectivity index (χ2v) is 9.02. The summed E-state index contributed by atoms with van der Waals surface area (Å²) in [6.45, 7) is 2.56. The molecule has 3 aromatic carbocycles. The summed E-state index contributed by atoms with van der Waals surface area (Å²) in [5.74, 6) is 1.52. The lowest BCUT2D eigenvalue weighted by atomic mass is 10.1. The van der Waals surface area contributed by atoms with Crippen LogP contribution in [0.25, 0.3) is 6.08 Å². The highest BCUT2D eigenvalue weighted by Crippen LogP contribution is 2.24. The predicted molar refractivity (Wildman–Crippen MR) is 137 cm³/mol. The minimum absolute atomic E-state index is 0.0105. The fraction of sp³-hybridized carbons (Fsp3) is 0.250. The number of ether oxygens (including phenoxy) is 2. The van der Waals surface area contributed by atoms with E-state index in [0.717, 1.165) is 40.2 Å². The maximum atomic E-state index is 12.7. The highest BCUT2D eigenvalue weighted by Gasteiger charge is 2.11. The van der Waals surface area contributed by atoms with E-state index in [4.69, 9.17) is 9.47 Å². The summed E-state index contributed by atoms with van der Waals surface area (Å²) >= 11 is 3.43. The first kappa shape index (κ1) is 23.1. The molecule has 1 aliphatic heterocycles. The van der Waals surface area contributed by atoms with Crippen molar-refractivity contribution in [3.63, 3.8) is 0 Å². The van der Waals surface area contributed by atoms with Crippen molar-refractivity contribution in [3.05, 3.63) is 94.0 Å². The van der Waals surface area contributed by atoms with Crippen LogP contribution in [0.15, 0.2) is 77.3 Å².